The number of aryl methyl sites for hydroxylation is 1. The molecule has 0 aliphatic heterocycles. The summed E-state index contributed by atoms with van der Waals surface area (Å²) in [5.41, 5.74) is 1.93. The second kappa shape index (κ2) is 10.6. The van der Waals surface area contributed by atoms with Crippen molar-refractivity contribution < 1.29 is 14.3 Å². The van der Waals surface area contributed by atoms with Gasteiger partial charge in [0, 0.05) is 23.7 Å². The summed E-state index contributed by atoms with van der Waals surface area (Å²) in [7, 11) is 1.40. The maximum absolute atomic E-state index is 12.0. The van der Waals surface area contributed by atoms with Crippen LogP contribution in [0.4, 0.5) is 0 Å². The first-order valence-corrected chi connectivity index (χ1v) is 8.54. The number of alkyl halides is 1. The number of hydrogen-bond donors (Lipinski definition) is 0. The van der Waals surface area contributed by atoms with Crippen molar-refractivity contribution in [1.29, 1.82) is 0 Å². The summed E-state index contributed by atoms with van der Waals surface area (Å²) in [6.07, 6.45) is 5.81. The lowest BCUT2D eigenvalue weighted by molar-refractivity contribution is -0.140. The van der Waals surface area contributed by atoms with E-state index in [2.05, 4.69) is 20.7 Å². The van der Waals surface area contributed by atoms with Crippen molar-refractivity contribution in [2.24, 2.45) is 0 Å². The fraction of sp³-hybridized carbons (Fsp3) is 0.529. The zero-order chi connectivity index (χ0) is 15.5. The fourth-order valence-corrected chi connectivity index (χ4v) is 2.49. The number of ketones is 1. The van der Waals surface area contributed by atoms with Gasteiger partial charge in [-0.05, 0) is 31.2 Å². The Bertz CT molecular complexity index is 440. The molecule has 0 spiro atoms. The first kappa shape index (κ1) is 17.9. The monoisotopic (exact) mass is 354 g/mol. The zero-order valence-electron chi connectivity index (χ0n) is 12.6. The van der Waals surface area contributed by atoms with E-state index in [1.54, 1.807) is 0 Å². The summed E-state index contributed by atoms with van der Waals surface area (Å²) in [6.45, 7) is 0. The van der Waals surface area contributed by atoms with Gasteiger partial charge in [-0.15, -0.1) is 0 Å². The third-order valence-electron chi connectivity index (χ3n) is 3.39. The van der Waals surface area contributed by atoms with Crippen LogP contribution in [0, 0.1) is 0 Å². The number of unbranched alkanes of at least 4 members (excludes halogenated alkanes) is 2. The lowest BCUT2D eigenvalue weighted by Crippen LogP contribution is -2.01. The molecule has 0 atom stereocenters. The largest absolute Gasteiger partial charge is 0.469 e. The van der Waals surface area contributed by atoms with Gasteiger partial charge in [-0.25, -0.2) is 0 Å². The lowest BCUT2D eigenvalue weighted by Gasteiger charge is -2.04. The number of ether oxygens (including phenoxy) is 1. The molecule has 0 heterocycles. The van der Waals surface area contributed by atoms with E-state index in [1.165, 1.54) is 7.11 Å². The zero-order valence-corrected chi connectivity index (χ0v) is 14.2. The number of benzene rings is 1. The van der Waals surface area contributed by atoms with E-state index >= 15 is 0 Å². The summed E-state index contributed by atoms with van der Waals surface area (Å²) < 4.78 is 4.61. The lowest BCUT2D eigenvalue weighted by atomic mass is 10.0. The molecule has 0 N–H and O–H groups in total. The Morgan fingerprint density at radius 1 is 1.00 bits per heavy atom. The van der Waals surface area contributed by atoms with Crippen LogP contribution in [0.1, 0.15) is 54.4 Å². The minimum atomic E-state index is -0.176. The maximum atomic E-state index is 12.0. The van der Waals surface area contributed by atoms with Crippen molar-refractivity contribution in [1.82, 2.24) is 0 Å². The molecule has 21 heavy (non-hydrogen) atoms. The highest BCUT2D eigenvalue weighted by atomic mass is 79.9. The highest BCUT2D eigenvalue weighted by Gasteiger charge is 2.06. The molecule has 0 aliphatic carbocycles. The Morgan fingerprint density at radius 2 is 1.71 bits per heavy atom. The molecule has 1 aromatic rings. The van der Waals surface area contributed by atoms with Crippen LogP contribution < -0.4 is 0 Å². The first-order valence-electron chi connectivity index (χ1n) is 7.42. The van der Waals surface area contributed by atoms with Gasteiger partial charge < -0.3 is 4.74 Å². The number of rotatable bonds is 10. The van der Waals surface area contributed by atoms with Gasteiger partial charge in [0.05, 0.1) is 7.11 Å². The number of hydrogen-bond acceptors (Lipinski definition) is 3. The van der Waals surface area contributed by atoms with E-state index < -0.39 is 0 Å². The summed E-state index contributed by atoms with van der Waals surface area (Å²) in [4.78, 5) is 23.0. The molecule has 0 bridgehead atoms. The van der Waals surface area contributed by atoms with Gasteiger partial charge in [0.1, 0.15) is 0 Å². The van der Waals surface area contributed by atoms with Crippen LogP contribution in [-0.4, -0.2) is 24.2 Å². The quantitative estimate of drug-likeness (QED) is 0.272. The van der Waals surface area contributed by atoms with Crippen LogP contribution >= 0.6 is 15.9 Å². The molecule has 1 rings (SSSR count). The van der Waals surface area contributed by atoms with Crippen molar-refractivity contribution >= 4 is 27.7 Å². The number of carbonyl (C=O) groups excluding carboxylic acids is 2. The van der Waals surface area contributed by atoms with E-state index in [-0.39, 0.29) is 11.8 Å². The van der Waals surface area contributed by atoms with Crippen LogP contribution in [0.2, 0.25) is 0 Å². The minimum absolute atomic E-state index is 0.176. The van der Waals surface area contributed by atoms with Crippen LogP contribution in [-0.2, 0) is 16.0 Å². The van der Waals surface area contributed by atoms with E-state index in [1.807, 2.05) is 24.3 Å². The topological polar surface area (TPSA) is 43.4 Å². The van der Waals surface area contributed by atoms with Gasteiger partial charge in [0.2, 0.25) is 0 Å². The van der Waals surface area contributed by atoms with Gasteiger partial charge in [-0.3, -0.25) is 9.59 Å². The second-order valence-electron chi connectivity index (χ2n) is 5.05. The van der Waals surface area contributed by atoms with Crippen LogP contribution in [0.25, 0.3) is 0 Å². The van der Waals surface area contributed by atoms with E-state index in [0.29, 0.717) is 12.8 Å². The van der Waals surface area contributed by atoms with Crippen LogP contribution in [0.5, 0.6) is 0 Å². The summed E-state index contributed by atoms with van der Waals surface area (Å²) in [5.74, 6) is 0.0379. The molecular weight excluding hydrogens is 332 g/mol. The van der Waals surface area contributed by atoms with Crippen molar-refractivity contribution in [3.05, 3.63) is 35.4 Å². The molecule has 0 unspecified atom stereocenters. The predicted octanol–water partition coefficient (Wildman–Crippen LogP) is 4.32. The van der Waals surface area contributed by atoms with Crippen LogP contribution in [0.3, 0.4) is 0 Å². The van der Waals surface area contributed by atoms with Crippen molar-refractivity contribution in [3.63, 3.8) is 0 Å². The highest BCUT2D eigenvalue weighted by molar-refractivity contribution is 9.09. The Labute approximate surface area is 135 Å². The Hall–Kier alpha value is -1.16. The third-order valence-corrected chi connectivity index (χ3v) is 3.95. The smallest absolute Gasteiger partial charge is 0.305 e. The third kappa shape index (κ3) is 7.42. The predicted molar refractivity (Wildman–Crippen MR) is 88.0 cm³/mol. The molecule has 0 fully saturated rings. The molecular formula is C17H23BrO3. The molecule has 0 amide bonds. The number of esters is 1. The average Bonchev–Trinajstić information content (AvgIpc) is 2.51. The molecule has 0 saturated carbocycles. The highest BCUT2D eigenvalue weighted by Crippen LogP contribution is 2.12. The Balaban J connectivity index is 2.35. The van der Waals surface area contributed by atoms with Gasteiger partial charge in [0.15, 0.2) is 5.78 Å². The molecule has 1 aromatic carbocycles. The Morgan fingerprint density at radius 3 is 2.33 bits per heavy atom. The van der Waals surface area contributed by atoms with Gasteiger partial charge in [0.25, 0.3) is 0 Å². The van der Waals surface area contributed by atoms with E-state index in [0.717, 1.165) is 48.6 Å². The van der Waals surface area contributed by atoms with Crippen molar-refractivity contribution in [3.8, 4) is 0 Å². The first-order chi connectivity index (χ1) is 10.2. The average molecular weight is 355 g/mol. The summed E-state index contributed by atoms with van der Waals surface area (Å²) in [5, 5.41) is 1.00. The van der Waals surface area contributed by atoms with Gasteiger partial charge in [-0.2, -0.15) is 0 Å². The summed E-state index contributed by atoms with van der Waals surface area (Å²) >= 11 is 3.39. The number of halogens is 1. The molecule has 116 valence electrons. The summed E-state index contributed by atoms with van der Waals surface area (Å²) in [6, 6.07) is 7.73. The molecule has 0 aromatic heterocycles. The number of carbonyl (C=O) groups is 2. The molecule has 3 nitrogen and oxygen atoms in total. The van der Waals surface area contributed by atoms with Gasteiger partial charge in [-0.1, -0.05) is 46.6 Å². The molecule has 0 aliphatic rings. The number of Topliss-reactive ketones (excluding diaryl/α,β-unsaturated/α-hetero) is 1. The molecule has 0 saturated heterocycles. The maximum Gasteiger partial charge on any atom is 0.305 e. The van der Waals surface area contributed by atoms with Crippen LogP contribution in [0.15, 0.2) is 24.3 Å². The molecule has 0 radical (unpaired) electrons. The normalized spacial score (nSPS) is 10.4. The number of methoxy groups -OCH3 is 1. The van der Waals surface area contributed by atoms with E-state index in [4.69, 9.17) is 0 Å². The van der Waals surface area contributed by atoms with Crippen molar-refractivity contribution in [2.45, 2.75) is 44.9 Å². The van der Waals surface area contributed by atoms with Crippen molar-refractivity contribution in [2.75, 3.05) is 12.4 Å². The minimum Gasteiger partial charge on any atom is -0.469 e. The molecule has 4 heteroatoms. The standard InChI is InChI=1S/C17H23BrO3/c1-21-17(20)8-5-6-14-9-11-15(12-10-14)16(19)7-3-2-4-13-18/h9-12H,2-8,13H2,1H3. The second-order valence-corrected chi connectivity index (χ2v) is 5.84. The Kier molecular flexibility index (Phi) is 8.99. The fourth-order valence-electron chi connectivity index (χ4n) is 2.10. The van der Waals surface area contributed by atoms with Gasteiger partial charge >= 0.3 is 5.97 Å². The van der Waals surface area contributed by atoms with E-state index in [9.17, 15) is 9.59 Å². The SMILES string of the molecule is COC(=O)CCCc1ccc(C(=O)CCCCCBr)cc1.